The summed E-state index contributed by atoms with van der Waals surface area (Å²) in [6, 6.07) is 3.79. The zero-order valence-electron chi connectivity index (χ0n) is 14.4. The van der Waals surface area contributed by atoms with Crippen LogP contribution in [0.5, 0.6) is 5.75 Å². The molecule has 134 valence electrons. The van der Waals surface area contributed by atoms with Gasteiger partial charge in [-0.25, -0.2) is 0 Å². The highest BCUT2D eigenvalue weighted by molar-refractivity contribution is 6.43. The van der Waals surface area contributed by atoms with Crippen molar-refractivity contribution in [2.24, 2.45) is 11.8 Å². The Kier molecular flexibility index (Phi) is 6.31. The molecule has 0 amide bonds. The summed E-state index contributed by atoms with van der Waals surface area (Å²) in [6.07, 6.45) is 5.04. The Morgan fingerprint density at radius 2 is 1.88 bits per heavy atom. The fraction of sp³-hybridized carbons (Fsp3) is 0.684. The molecule has 5 heteroatoms. The van der Waals surface area contributed by atoms with Crippen molar-refractivity contribution in [2.45, 2.75) is 51.7 Å². The van der Waals surface area contributed by atoms with Crippen LogP contribution >= 0.6 is 23.2 Å². The third-order valence-electron chi connectivity index (χ3n) is 5.13. The van der Waals surface area contributed by atoms with E-state index >= 15 is 0 Å². The van der Waals surface area contributed by atoms with Gasteiger partial charge in [-0.05, 0) is 50.2 Å². The minimum Gasteiger partial charge on any atom is -0.489 e. The molecule has 0 N–H and O–H groups in total. The van der Waals surface area contributed by atoms with Crippen LogP contribution < -0.4 is 4.74 Å². The van der Waals surface area contributed by atoms with Crippen molar-refractivity contribution >= 4 is 23.2 Å². The summed E-state index contributed by atoms with van der Waals surface area (Å²) in [4.78, 5) is 0. The fourth-order valence-corrected chi connectivity index (χ4v) is 3.87. The van der Waals surface area contributed by atoms with E-state index in [9.17, 15) is 0 Å². The van der Waals surface area contributed by atoms with Gasteiger partial charge >= 0.3 is 0 Å². The minimum atomic E-state index is 0.111. The van der Waals surface area contributed by atoms with Crippen LogP contribution in [0.3, 0.4) is 0 Å². The second kappa shape index (κ2) is 8.27. The van der Waals surface area contributed by atoms with Gasteiger partial charge in [0.25, 0.3) is 0 Å². The Morgan fingerprint density at radius 3 is 2.54 bits per heavy atom. The molecule has 3 rings (SSSR count). The summed E-state index contributed by atoms with van der Waals surface area (Å²) in [5.74, 6) is 1.84. The number of halogens is 2. The third-order valence-corrected chi connectivity index (χ3v) is 6.09. The van der Waals surface area contributed by atoms with Gasteiger partial charge < -0.3 is 14.2 Å². The van der Waals surface area contributed by atoms with E-state index in [0.29, 0.717) is 40.3 Å². The Balaban J connectivity index is 1.45. The predicted octanol–water partition coefficient (Wildman–Crippen LogP) is 5.29. The number of benzene rings is 1. The van der Waals surface area contributed by atoms with E-state index in [1.165, 1.54) is 6.42 Å². The molecule has 24 heavy (non-hydrogen) atoms. The zero-order valence-corrected chi connectivity index (χ0v) is 15.9. The largest absolute Gasteiger partial charge is 0.489 e. The van der Waals surface area contributed by atoms with E-state index in [0.717, 1.165) is 38.0 Å². The van der Waals surface area contributed by atoms with Crippen LogP contribution in [0.15, 0.2) is 12.1 Å². The topological polar surface area (TPSA) is 27.7 Å². The van der Waals surface area contributed by atoms with Crippen LogP contribution in [0.4, 0.5) is 0 Å². The van der Waals surface area contributed by atoms with Gasteiger partial charge in [0, 0.05) is 12.5 Å². The molecular weight excluding hydrogens is 347 g/mol. The van der Waals surface area contributed by atoms with Crippen molar-refractivity contribution in [3.63, 3.8) is 0 Å². The molecule has 3 nitrogen and oxygen atoms in total. The van der Waals surface area contributed by atoms with Gasteiger partial charge in [-0.1, -0.05) is 36.2 Å². The number of ether oxygens (including phenoxy) is 3. The van der Waals surface area contributed by atoms with Gasteiger partial charge in [0.2, 0.25) is 0 Å². The monoisotopic (exact) mass is 372 g/mol. The lowest BCUT2D eigenvalue weighted by Gasteiger charge is -2.37. The first-order valence-electron chi connectivity index (χ1n) is 8.85. The number of hydrogen-bond acceptors (Lipinski definition) is 3. The van der Waals surface area contributed by atoms with Gasteiger partial charge in [-0.2, -0.15) is 0 Å². The maximum Gasteiger partial charge on any atom is 0.139 e. The molecule has 0 spiro atoms. The van der Waals surface area contributed by atoms with Crippen LogP contribution in [-0.4, -0.2) is 32.0 Å². The smallest absolute Gasteiger partial charge is 0.139 e. The number of hydrogen-bond donors (Lipinski definition) is 0. The lowest BCUT2D eigenvalue weighted by Crippen LogP contribution is -2.39. The quantitative estimate of drug-likeness (QED) is 0.718. The highest BCUT2D eigenvalue weighted by atomic mass is 35.5. The summed E-state index contributed by atoms with van der Waals surface area (Å²) in [6.45, 7) is 6.34. The van der Waals surface area contributed by atoms with Crippen molar-refractivity contribution in [1.82, 2.24) is 0 Å². The van der Waals surface area contributed by atoms with Crippen molar-refractivity contribution < 1.29 is 14.2 Å². The van der Waals surface area contributed by atoms with E-state index in [1.807, 2.05) is 19.1 Å². The maximum atomic E-state index is 6.24. The summed E-state index contributed by atoms with van der Waals surface area (Å²) >= 11 is 12.4. The summed E-state index contributed by atoms with van der Waals surface area (Å²) < 4.78 is 17.8. The molecule has 0 saturated carbocycles. The predicted molar refractivity (Wildman–Crippen MR) is 97.3 cm³/mol. The van der Waals surface area contributed by atoms with Gasteiger partial charge in [0.15, 0.2) is 0 Å². The Bertz CT molecular complexity index is 548. The summed E-state index contributed by atoms with van der Waals surface area (Å²) in [5.41, 5.74) is 0.951. The zero-order chi connectivity index (χ0) is 17.1. The van der Waals surface area contributed by atoms with Crippen molar-refractivity contribution in [3.8, 4) is 5.75 Å². The average Bonchev–Trinajstić information content (AvgIpc) is 2.60. The fourth-order valence-electron chi connectivity index (χ4n) is 3.45. The molecule has 1 aromatic rings. The van der Waals surface area contributed by atoms with Crippen molar-refractivity contribution in [1.29, 1.82) is 0 Å². The second-order valence-corrected chi connectivity index (χ2v) is 7.92. The molecule has 2 fully saturated rings. The van der Waals surface area contributed by atoms with Gasteiger partial charge in [0.05, 0.1) is 23.8 Å². The van der Waals surface area contributed by atoms with Crippen LogP contribution in [0.1, 0.15) is 38.2 Å². The van der Waals surface area contributed by atoms with Gasteiger partial charge in [-0.15, -0.1) is 0 Å². The highest BCUT2D eigenvalue weighted by Crippen LogP contribution is 2.35. The average molecular weight is 373 g/mol. The van der Waals surface area contributed by atoms with E-state index in [4.69, 9.17) is 37.4 Å². The molecule has 2 heterocycles. The van der Waals surface area contributed by atoms with E-state index in [-0.39, 0.29) is 6.10 Å². The Morgan fingerprint density at radius 1 is 1.04 bits per heavy atom. The summed E-state index contributed by atoms with van der Waals surface area (Å²) in [5, 5.41) is 1.04. The summed E-state index contributed by atoms with van der Waals surface area (Å²) in [7, 11) is 0. The molecule has 2 aliphatic heterocycles. The molecule has 0 aliphatic carbocycles. The molecule has 2 unspecified atom stereocenters. The SMILES string of the molecule is Cc1ccc(OC[C@@H]2CCC([C@@H]3CCC(C)CO3)CO2)c(Cl)c1Cl. The molecule has 2 aliphatic rings. The lowest BCUT2D eigenvalue weighted by molar-refractivity contribution is -0.107. The first-order valence-corrected chi connectivity index (χ1v) is 9.60. The second-order valence-electron chi connectivity index (χ2n) is 7.17. The van der Waals surface area contributed by atoms with Crippen LogP contribution in [0.2, 0.25) is 10.0 Å². The van der Waals surface area contributed by atoms with E-state index < -0.39 is 0 Å². The van der Waals surface area contributed by atoms with Crippen LogP contribution in [-0.2, 0) is 9.47 Å². The van der Waals surface area contributed by atoms with Gasteiger partial charge in [0.1, 0.15) is 17.4 Å². The molecular formula is C19H26Cl2O3. The molecule has 1 aromatic carbocycles. The molecule has 4 atom stereocenters. The van der Waals surface area contributed by atoms with Crippen LogP contribution in [0, 0.1) is 18.8 Å². The maximum absolute atomic E-state index is 6.24. The molecule has 0 bridgehead atoms. The van der Waals surface area contributed by atoms with Gasteiger partial charge in [-0.3, -0.25) is 0 Å². The molecule has 2 saturated heterocycles. The van der Waals surface area contributed by atoms with Crippen molar-refractivity contribution in [2.75, 3.05) is 19.8 Å². The Labute approximate surface area is 154 Å². The lowest BCUT2D eigenvalue weighted by atomic mass is 9.87. The standard InChI is InChI=1S/C19H26Cl2O3/c1-12-3-7-16(23-9-12)14-5-6-15(22-10-14)11-24-17-8-4-13(2)18(20)19(17)21/h4,8,12,14-16H,3,5-7,9-11H2,1-2H3/t12?,14?,15-,16-/m0/s1. The molecule has 0 aromatic heterocycles. The highest BCUT2D eigenvalue weighted by Gasteiger charge is 2.31. The number of aryl methyl sites for hydroxylation is 1. The van der Waals surface area contributed by atoms with E-state index in [2.05, 4.69) is 6.92 Å². The minimum absolute atomic E-state index is 0.111. The van der Waals surface area contributed by atoms with Crippen LogP contribution in [0.25, 0.3) is 0 Å². The third kappa shape index (κ3) is 4.37. The first kappa shape index (κ1) is 18.3. The normalized spacial score (nSPS) is 31.0. The Hall–Kier alpha value is -0.480. The van der Waals surface area contributed by atoms with Crippen molar-refractivity contribution in [3.05, 3.63) is 27.7 Å². The van der Waals surface area contributed by atoms with E-state index in [1.54, 1.807) is 0 Å². The first-order chi connectivity index (χ1) is 11.5. The molecule has 0 radical (unpaired) electrons. The number of rotatable bonds is 4.